The number of carbonyl (C=O) groups is 1. The number of carboxylic acids is 1. The van der Waals surface area contributed by atoms with Crippen LogP contribution in [0.2, 0.25) is 10.0 Å². The monoisotopic (exact) mass is 350 g/mol. The minimum absolute atomic E-state index is 0.392. The molecule has 4 nitrogen and oxygen atoms in total. The Kier molecular flexibility index (Phi) is 4.76. The van der Waals surface area contributed by atoms with Crippen LogP contribution in [-0.2, 0) is 11.3 Å². The standard InChI is InChI=1S/C17H16Cl2N2O2/c18-14-6-7-16(15(19)8-14)21-11-13(17(22)23)10-20(21)9-12-4-2-1-3-5-12/h1-8,13H,9-11H2,(H,22,23). The smallest absolute Gasteiger partial charge is 0.309 e. The van der Waals surface area contributed by atoms with Crippen LogP contribution in [0.15, 0.2) is 48.5 Å². The highest BCUT2D eigenvalue weighted by molar-refractivity contribution is 6.36. The fourth-order valence-electron chi connectivity index (χ4n) is 2.78. The van der Waals surface area contributed by atoms with Gasteiger partial charge < -0.3 is 10.1 Å². The maximum absolute atomic E-state index is 11.4. The highest BCUT2D eigenvalue weighted by atomic mass is 35.5. The van der Waals surface area contributed by atoms with E-state index >= 15 is 0 Å². The van der Waals surface area contributed by atoms with E-state index in [0.717, 1.165) is 11.3 Å². The molecule has 0 aromatic heterocycles. The minimum atomic E-state index is -0.796. The first-order valence-corrected chi connectivity index (χ1v) is 8.04. The average molecular weight is 351 g/mol. The molecule has 1 aliphatic heterocycles. The van der Waals surface area contributed by atoms with Crippen molar-refractivity contribution in [1.29, 1.82) is 0 Å². The molecule has 2 aromatic rings. The van der Waals surface area contributed by atoms with Crippen LogP contribution < -0.4 is 5.01 Å². The van der Waals surface area contributed by atoms with E-state index in [9.17, 15) is 9.90 Å². The van der Waals surface area contributed by atoms with Crippen LogP contribution in [0.3, 0.4) is 0 Å². The van der Waals surface area contributed by atoms with Gasteiger partial charge in [-0.2, -0.15) is 0 Å². The summed E-state index contributed by atoms with van der Waals surface area (Å²) in [6.07, 6.45) is 0. The van der Waals surface area contributed by atoms with E-state index in [1.807, 2.05) is 46.4 Å². The first kappa shape index (κ1) is 16.1. The van der Waals surface area contributed by atoms with Crippen LogP contribution in [0.25, 0.3) is 0 Å². The number of carboxylic acid groups (broad SMARTS) is 1. The van der Waals surface area contributed by atoms with Crippen molar-refractivity contribution < 1.29 is 9.90 Å². The predicted molar refractivity (Wildman–Crippen MR) is 91.8 cm³/mol. The number of anilines is 1. The molecule has 1 saturated heterocycles. The summed E-state index contributed by atoms with van der Waals surface area (Å²) in [7, 11) is 0. The Bertz CT molecular complexity index is 709. The lowest BCUT2D eigenvalue weighted by molar-refractivity contribution is -0.140. The second kappa shape index (κ2) is 6.79. The molecule has 23 heavy (non-hydrogen) atoms. The van der Waals surface area contributed by atoms with Crippen molar-refractivity contribution in [3.8, 4) is 0 Å². The highest BCUT2D eigenvalue weighted by Gasteiger charge is 2.35. The lowest BCUT2D eigenvalue weighted by Gasteiger charge is -2.30. The lowest BCUT2D eigenvalue weighted by Crippen LogP contribution is -2.36. The normalized spacial score (nSPS) is 18.3. The molecule has 3 rings (SSSR count). The summed E-state index contributed by atoms with van der Waals surface area (Å²) in [6, 6.07) is 15.2. The van der Waals surface area contributed by atoms with Gasteiger partial charge in [-0.3, -0.25) is 4.79 Å². The zero-order valence-electron chi connectivity index (χ0n) is 12.3. The van der Waals surface area contributed by atoms with Crippen LogP contribution in [0.1, 0.15) is 5.56 Å². The summed E-state index contributed by atoms with van der Waals surface area (Å²) in [5.41, 5.74) is 1.89. The molecule has 120 valence electrons. The first-order valence-electron chi connectivity index (χ1n) is 7.29. The quantitative estimate of drug-likeness (QED) is 0.907. The number of hydrogen-bond acceptors (Lipinski definition) is 3. The van der Waals surface area contributed by atoms with Gasteiger partial charge in [0.2, 0.25) is 0 Å². The van der Waals surface area contributed by atoms with E-state index in [4.69, 9.17) is 23.2 Å². The van der Waals surface area contributed by atoms with Crippen molar-refractivity contribution in [2.24, 2.45) is 5.92 Å². The predicted octanol–water partition coefficient (Wildman–Crippen LogP) is 3.93. The summed E-state index contributed by atoms with van der Waals surface area (Å²) in [6.45, 7) is 1.47. The van der Waals surface area contributed by atoms with Gasteiger partial charge in [0, 0.05) is 24.7 Å². The third-order valence-electron chi connectivity index (χ3n) is 3.91. The van der Waals surface area contributed by atoms with Gasteiger partial charge in [-0.25, -0.2) is 5.01 Å². The van der Waals surface area contributed by atoms with E-state index in [0.29, 0.717) is 29.7 Å². The van der Waals surface area contributed by atoms with Crippen LogP contribution in [0.5, 0.6) is 0 Å². The maximum atomic E-state index is 11.4. The molecular formula is C17H16Cl2N2O2. The third-order valence-corrected chi connectivity index (χ3v) is 4.45. The molecule has 1 aliphatic rings. The Morgan fingerprint density at radius 3 is 2.52 bits per heavy atom. The Labute approximate surface area is 144 Å². The van der Waals surface area contributed by atoms with Gasteiger partial charge in [-0.05, 0) is 23.8 Å². The Hall–Kier alpha value is -1.75. The molecule has 6 heteroatoms. The van der Waals surface area contributed by atoms with Crippen molar-refractivity contribution in [2.75, 3.05) is 18.1 Å². The number of hydrazine groups is 1. The number of hydrogen-bond donors (Lipinski definition) is 1. The van der Waals surface area contributed by atoms with E-state index in [1.165, 1.54) is 0 Å². The van der Waals surface area contributed by atoms with Gasteiger partial charge in [0.1, 0.15) is 0 Å². The largest absolute Gasteiger partial charge is 0.481 e. The van der Waals surface area contributed by atoms with Crippen molar-refractivity contribution in [1.82, 2.24) is 5.01 Å². The number of rotatable bonds is 4. The number of halogens is 2. The minimum Gasteiger partial charge on any atom is -0.481 e. The summed E-state index contributed by atoms with van der Waals surface area (Å²) in [4.78, 5) is 11.4. The molecule has 1 fully saturated rings. The number of nitrogens with zero attached hydrogens (tertiary/aromatic N) is 2. The lowest BCUT2D eigenvalue weighted by atomic mass is 10.1. The third kappa shape index (κ3) is 3.61. The second-order valence-electron chi connectivity index (χ2n) is 5.55. The van der Waals surface area contributed by atoms with E-state index in [2.05, 4.69) is 0 Å². The summed E-state index contributed by atoms with van der Waals surface area (Å²) < 4.78 is 0. The molecule has 1 heterocycles. The zero-order valence-corrected chi connectivity index (χ0v) is 13.8. The second-order valence-corrected chi connectivity index (χ2v) is 6.39. The Morgan fingerprint density at radius 1 is 1.13 bits per heavy atom. The zero-order chi connectivity index (χ0) is 16.4. The first-order chi connectivity index (χ1) is 11.0. The van der Waals surface area contributed by atoms with E-state index in [-0.39, 0.29) is 0 Å². The Morgan fingerprint density at radius 2 is 1.87 bits per heavy atom. The summed E-state index contributed by atoms with van der Waals surface area (Å²) >= 11 is 12.3. The summed E-state index contributed by atoms with van der Waals surface area (Å²) in [5, 5.41) is 14.4. The number of benzene rings is 2. The SMILES string of the molecule is O=C(O)C1CN(Cc2ccccc2)N(c2ccc(Cl)cc2Cl)C1. The van der Waals surface area contributed by atoms with Gasteiger partial charge >= 0.3 is 5.97 Å². The molecule has 0 spiro atoms. The molecular weight excluding hydrogens is 335 g/mol. The van der Waals surface area contributed by atoms with E-state index < -0.39 is 11.9 Å². The molecule has 0 aliphatic carbocycles. The summed E-state index contributed by atoms with van der Waals surface area (Å²) in [5.74, 6) is -1.25. The van der Waals surface area contributed by atoms with Crippen LogP contribution in [0.4, 0.5) is 5.69 Å². The van der Waals surface area contributed by atoms with Gasteiger partial charge in [0.15, 0.2) is 0 Å². The van der Waals surface area contributed by atoms with Gasteiger partial charge in [0.05, 0.1) is 16.6 Å². The van der Waals surface area contributed by atoms with Gasteiger partial charge in [-0.15, -0.1) is 0 Å². The van der Waals surface area contributed by atoms with Gasteiger partial charge in [-0.1, -0.05) is 53.5 Å². The van der Waals surface area contributed by atoms with Crippen LogP contribution in [-0.4, -0.2) is 29.2 Å². The van der Waals surface area contributed by atoms with Gasteiger partial charge in [0.25, 0.3) is 0 Å². The van der Waals surface area contributed by atoms with Crippen molar-refractivity contribution in [3.63, 3.8) is 0 Å². The topological polar surface area (TPSA) is 43.8 Å². The van der Waals surface area contributed by atoms with Crippen LogP contribution in [0, 0.1) is 5.92 Å². The number of aliphatic carboxylic acids is 1. The van der Waals surface area contributed by atoms with Crippen LogP contribution >= 0.6 is 23.2 Å². The fourth-order valence-corrected chi connectivity index (χ4v) is 3.28. The fraction of sp³-hybridized carbons (Fsp3) is 0.235. The highest BCUT2D eigenvalue weighted by Crippen LogP contribution is 2.33. The van der Waals surface area contributed by atoms with Crippen molar-refractivity contribution in [3.05, 3.63) is 64.1 Å². The van der Waals surface area contributed by atoms with Crippen molar-refractivity contribution >= 4 is 34.9 Å². The Balaban J connectivity index is 1.89. The van der Waals surface area contributed by atoms with E-state index in [1.54, 1.807) is 12.1 Å². The molecule has 0 saturated carbocycles. The maximum Gasteiger partial charge on any atom is 0.309 e. The average Bonchev–Trinajstić information content (AvgIpc) is 2.92. The molecule has 1 atom stereocenters. The molecule has 0 bridgehead atoms. The molecule has 1 unspecified atom stereocenters. The molecule has 0 radical (unpaired) electrons. The molecule has 1 N–H and O–H groups in total. The van der Waals surface area contributed by atoms with Crippen molar-refractivity contribution in [2.45, 2.75) is 6.54 Å². The molecule has 0 amide bonds. The molecule has 2 aromatic carbocycles.